The minimum Gasteiger partial charge on any atom is -0.479 e. The zero-order valence-electron chi connectivity index (χ0n) is 38.0. The van der Waals surface area contributed by atoms with Gasteiger partial charge in [-0.3, -0.25) is 9.35 Å². The standard InChI is InChI=1S/C37H59NO35S/c1-6(42)38-11-24(67-34-19(50)15(46)16(47)28(71-34)30(54)55)23(73-74(59,60)61)9(4-41)65-33(11)70-27-17(48)20(51)35(72-29(27)31(56)57)68-26-14(45)8(3-40)64-37(22(26)53)69-25-13(44)7(2-39)63-36(21(25)52)66-10-5-62-32(58)18(49)12(10)43/h7-29,32-37,39-41,43-53,58H,2-5H2,1H3,(H,38,42)(H,54,55)(H,56,57)(H,59,60,61)/t7-,8-,9-,10-,11-,12+,13+,14+,15-,16-,17-,18-,19+,20-,21-,22-,23+,24-,25+,26+,27+,28+,29+,32-,33+,34-,35-,36+,37+/m1/s1. The van der Waals surface area contributed by atoms with E-state index >= 15 is 0 Å². The summed E-state index contributed by atoms with van der Waals surface area (Å²) in [6, 6.07) is -2.16. The molecule has 0 saturated carbocycles. The van der Waals surface area contributed by atoms with Crippen LogP contribution in [-0.2, 0) is 81.1 Å². The fourth-order valence-electron chi connectivity index (χ4n) is 8.78. The van der Waals surface area contributed by atoms with Gasteiger partial charge in [-0.05, 0) is 0 Å². The first-order valence-corrected chi connectivity index (χ1v) is 23.5. The maximum absolute atomic E-state index is 12.8. The van der Waals surface area contributed by atoms with E-state index < -0.39 is 233 Å². The Morgan fingerprint density at radius 2 is 0.932 bits per heavy atom. The molecule has 428 valence electrons. The number of carboxylic acid groups (broad SMARTS) is 2. The number of hydrogen-bond donors (Lipinski definition) is 19. The Morgan fingerprint density at radius 1 is 0.486 bits per heavy atom. The van der Waals surface area contributed by atoms with Crippen LogP contribution in [0, 0.1) is 0 Å². The quantitative estimate of drug-likeness (QED) is 0.0567. The fraction of sp³-hybridized carbons (Fsp3) is 0.919. The molecule has 6 saturated heterocycles. The first kappa shape index (κ1) is 60.5. The van der Waals surface area contributed by atoms with Crippen LogP contribution in [0.3, 0.4) is 0 Å². The molecule has 0 aromatic heterocycles. The van der Waals surface area contributed by atoms with Gasteiger partial charge in [-0.15, -0.1) is 0 Å². The van der Waals surface area contributed by atoms with E-state index in [1.165, 1.54) is 0 Å². The summed E-state index contributed by atoms with van der Waals surface area (Å²) >= 11 is 0. The van der Waals surface area contributed by atoms with Crippen molar-refractivity contribution < 1.29 is 170 Å². The number of amides is 1. The van der Waals surface area contributed by atoms with Crippen LogP contribution in [0.1, 0.15) is 6.92 Å². The van der Waals surface area contributed by atoms with Crippen LogP contribution in [0.25, 0.3) is 0 Å². The number of aliphatic hydroxyl groups excluding tert-OH is 15. The molecule has 29 atom stereocenters. The maximum atomic E-state index is 12.8. The minimum atomic E-state index is -5.62. The molecule has 0 unspecified atom stereocenters. The smallest absolute Gasteiger partial charge is 0.397 e. The van der Waals surface area contributed by atoms with E-state index in [-0.39, 0.29) is 0 Å². The summed E-state index contributed by atoms with van der Waals surface area (Å²) in [5.41, 5.74) is 0. The third-order valence-corrected chi connectivity index (χ3v) is 13.1. The van der Waals surface area contributed by atoms with Gasteiger partial charge >= 0.3 is 22.3 Å². The average molecular weight is 1110 g/mol. The Balaban J connectivity index is 1.24. The third kappa shape index (κ3) is 13.0. The summed E-state index contributed by atoms with van der Waals surface area (Å²) in [5.74, 6) is -5.06. The van der Waals surface area contributed by atoms with Gasteiger partial charge in [0.05, 0.1) is 26.4 Å². The van der Waals surface area contributed by atoms with Gasteiger partial charge in [-0.1, -0.05) is 0 Å². The van der Waals surface area contributed by atoms with Gasteiger partial charge in [0.25, 0.3) is 0 Å². The van der Waals surface area contributed by atoms with Crippen molar-refractivity contribution in [1.29, 1.82) is 0 Å². The molecule has 0 aromatic rings. The molecular formula is C37H59NO35S. The molecule has 19 N–H and O–H groups in total. The zero-order chi connectivity index (χ0) is 55.0. The van der Waals surface area contributed by atoms with E-state index in [4.69, 9.17) is 52.1 Å². The average Bonchev–Trinajstić information content (AvgIpc) is 3.33. The summed E-state index contributed by atoms with van der Waals surface area (Å²) in [7, 11) is -5.62. The lowest BCUT2D eigenvalue weighted by molar-refractivity contribution is -0.389. The highest BCUT2D eigenvalue weighted by molar-refractivity contribution is 7.80. The van der Waals surface area contributed by atoms with Crippen LogP contribution in [0.15, 0.2) is 0 Å². The molecule has 0 bridgehead atoms. The molecule has 6 fully saturated rings. The lowest BCUT2D eigenvalue weighted by atomic mass is 9.94. The molecule has 36 nitrogen and oxygen atoms in total. The normalized spacial score (nSPS) is 48.4. The van der Waals surface area contributed by atoms with Crippen molar-refractivity contribution >= 4 is 28.2 Å². The van der Waals surface area contributed by atoms with Crippen molar-refractivity contribution in [3.05, 3.63) is 0 Å². The third-order valence-electron chi connectivity index (χ3n) is 12.6. The number of aliphatic carboxylic acids is 2. The molecular weight excluding hydrogens is 1050 g/mol. The fourth-order valence-corrected chi connectivity index (χ4v) is 9.29. The number of ether oxygens (including phenoxy) is 11. The molecule has 6 heterocycles. The van der Waals surface area contributed by atoms with E-state index in [1.807, 2.05) is 0 Å². The molecule has 6 aliphatic rings. The summed E-state index contributed by atoms with van der Waals surface area (Å²) in [6.45, 7) is -3.20. The van der Waals surface area contributed by atoms with Gasteiger partial charge in [-0.2, -0.15) is 8.42 Å². The highest BCUT2D eigenvalue weighted by Gasteiger charge is 2.59. The number of nitrogens with one attached hydrogen (secondary N) is 1. The zero-order valence-corrected chi connectivity index (χ0v) is 38.8. The van der Waals surface area contributed by atoms with Crippen molar-refractivity contribution in [2.24, 2.45) is 0 Å². The minimum absolute atomic E-state index is 0.580. The van der Waals surface area contributed by atoms with Crippen LogP contribution in [0.4, 0.5) is 0 Å². The van der Waals surface area contributed by atoms with Gasteiger partial charge in [0.15, 0.2) is 49.9 Å². The Kier molecular flexibility index (Phi) is 20.4. The number of carboxylic acids is 2. The largest absolute Gasteiger partial charge is 0.479 e. The van der Waals surface area contributed by atoms with Crippen LogP contribution in [0.2, 0.25) is 0 Å². The van der Waals surface area contributed by atoms with E-state index in [0.717, 1.165) is 6.92 Å². The van der Waals surface area contributed by atoms with Gasteiger partial charge in [-0.25, -0.2) is 13.8 Å². The predicted molar refractivity (Wildman–Crippen MR) is 216 cm³/mol. The lowest BCUT2D eigenvalue weighted by Gasteiger charge is -2.50. The van der Waals surface area contributed by atoms with Crippen LogP contribution >= 0.6 is 0 Å². The summed E-state index contributed by atoms with van der Waals surface area (Å²) in [5, 5.41) is 182. The van der Waals surface area contributed by atoms with E-state index in [1.54, 1.807) is 0 Å². The highest BCUT2D eigenvalue weighted by atomic mass is 32.3. The SMILES string of the molecule is CC(=O)N[C@H]1[C@H](O[C@H]2[C@H](O)[C@@H](O)[C@H](O[C@H]3[C@@H](O)[C@@H](CO)O[C@@H](O[C@H]4[C@@H](O)[C@@H](CO)O[C@@H](O[C@@H]5CO[C@@H](O)[C@H](O)[C@H]5O)[C@@H]4O)[C@@H]3O)O[C@@H]2C(=O)O)O[C@H](CO)[C@H](OS(=O)(=O)O)[C@@H]1O[C@@H]1O[C@H](C(=O)O)[C@H](O)[C@@H](O)[C@@H]1O. The van der Waals surface area contributed by atoms with Crippen molar-refractivity contribution in [2.75, 3.05) is 26.4 Å². The van der Waals surface area contributed by atoms with E-state index in [9.17, 15) is 114 Å². The molecule has 1 amide bonds. The second kappa shape index (κ2) is 24.9. The van der Waals surface area contributed by atoms with Crippen LogP contribution in [0.5, 0.6) is 0 Å². The number of carbonyl (C=O) groups excluding carboxylic acids is 1. The first-order chi connectivity index (χ1) is 34.6. The van der Waals surface area contributed by atoms with Gasteiger partial charge < -0.3 is 144 Å². The van der Waals surface area contributed by atoms with Crippen LogP contribution in [-0.4, -0.2) is 322 Å². The Morgan fingerprint density at radius 3 is 1.42 bits per heavy atom. The molecule has 6 aliphatic heterocycles. The summed E-state index contributed by atoms with van der Waals surface area (Å²) in [4.78, 5) is 37.3. The monoisotopic (exact) mass is 1110 g/mol. The van der Waals surface area contributed by atoms with Crippen molar-refractivity contribution in [3.63, 3.8) is 0 Å². The summed E-state index contributed by atoms with van der Waals surface area (Å²) in [6.07, 6.45) is -61.2. The molecule has 6 rings (SSSR count). The predicted octanol–water partition coefficient (Wildman–Crippen LogP) is -13.3. The number of aliphatic hydroxyl groups is 15. The van der Waals surface area contributed by atoms with Gasteiger partial charge in [0, 0.05) is 6.92 Å². The molecule has 0 aliphatic carbocycles. The molecule has 0 spiro atoms. The van der Waals surface area contributed by atoms with Crippen LogP contribution < -0.4 is 5.32 Å². The lowest BCUT2D eigenvalue weighted by Crippen LogP contribution is -2.71. The molecule has 0 radical (unpaired) electrons. The Labute approximate surface area is 415 Å². The maximum Gasteiger partial charge on any atom is 0.397 e. The van der Waals surface area contributed by atoms with E-state index in [0.29, 0.717) is 0 Å². The topological polar surface area (TPSA) is 572 Å². The van der Waals surface area contributed by atoms with Crippen molar-refractivity contribution in [1.82, 2.24) is 5.32 Å². The van der Waals surface area contributed by atoms with Crippen molar-refractivity contribution in [3.8, 4) is 0 Å². The second-order valence-corrected chi connectivity index (χ2v) is 18.7. The first-order valence-electron chi connectivity index (χ1n) is 22.2. The van der Waals surface area contributed by atoms with Gasteiger partial charge in [0.2, 0.25) is 5.91 Å². The second-order valence-electron chi connectivity index (χ2n) is 17.6. The number of rotatable bonds is 18. The molecule has 0 aromatic carbocycles. The summed E-state index contributed by atoms with van der Waals surface area (Å²) < 4.78 is 98.4. The van der Waals surface area contributed by atoms with E-state index in [2.05, 4.69) is 9.50 Å². The van der Waals surface area contributed by atoms with Gasteiger partial charge in [0.1, 0.15) is 128 Å². The molecule has 37 heteroatoms. The highest BCUT2D eigenvalue weighted by Crippen LogP contribution is 2.37. The Hall–Kier alpha value is -2.76. The molecule has 74 heavy (non-hydrogen) atoms. The Bertz CT molecular complexity index is 1990. The number of hydrogen-bond acceptors (Lipinski definition) is 32. The number of carbonyl (C=O) groups is 3. The van der Waals surface area contributed by atoms with Crippen molar-refractivity contribution in [2.45, 2.75) is 185 Å².